The van der Waals surface area contributed by atoms with Gasteiger partial charge in [-0.1, -0.05) is 6.07 Å². The van der Waals surface area contributed by atoms with Gasteiger partial charge in [-0.2, -0.15) is 21.9 Å². The number of phenolic OH excluding ortho intramolecular Hbond substituents is 1. The summed E-state index contributed by atoms with van der Waals surface area (Å²) in [6.45, 7) is 0. The zero-order valence-electron chi connectivity index (χ0n) is 13.4. The van der Waals surface area contributed by atoms with Crippen LogP contribution in [0.4, 0.5) is 11.4 Å². The summed E-state index contributed by atoms with van der Waals surface area (Å²) in [5.74, 6) is -0.270. The first kappa shape index (κ1) is 18.9. The molecule has 0 bridgehead atoms. The summed E-state index contributed by atoms with van der Waals surface area (Å²) in [6, 6.07) is 11.6. The third-order valence-electron chi connectivity index (χ3n) is 3.61. The summed E-state index contributed by atoms with van der Waals surface area (Å²) >= 11 is 0. The maximum Gasteiger partial charge on any atom is 0.294 e. The molecule has 0 aliphatic rings. The number of azo groups is 1. The fourth-order valence-corrected chi connectivity index (χ4v) is 3.28. The Morgan fingerprint density at radius 3 is 1.85 bits per heavy atom. The van der Waals surface area contributed by atoms with Crippen molar-refractivity contribution >= 4 is 42.4 Å². The molecule has 0 atom stereocenters. The standard InChI is InChI=1S/C16H12N2O7S2/c19-16-9-11-7-14(27(23,24)25)4-1-10(11)8-15(16)18-17-12-2-5-13(6-3-12)26(20,21)22/h1-9,19H,(H,20,21,22)(H,23,24,25). The van der Waals surface area contributed by atoms with Crippen molar-refractivity contribution in [2.45, 2.75) is 9.79 Å². The van der Waals surface area contributed by atoms with E-state index < -0.39 is 20.2 Å². The second-order valence-corrected chi connectivity index (χ2v) is 8.34. The fraction of sp³-hybridized carbons (Fsp3) is 0. The van der Waals surface area contributed by atoms with Crippen LogP contribution in [0.15, 0.2) is 74.6 Å². The third-order valence-corrected chi connectivity index (χ3v) is 5.33. The molecule has 0 radical (unpaired) electrons. The summed E-state index contributed by atoms with van der Waals surface area (Å²) in [4.78, 5) is -0.590. The monoisotopic (exact) mass is 408 g/mol. The zero-order chi connectivity index (χ0) is 19.8. The van der Waals surface area contributed by atoms with Gasteiger partial charge in [-0.05, 0) is 59.3 Å². The number of rotatable bonds is 4. The van der Waals surface area contributed by atoms with Crippen molar-refractivity contribution in [2.24, 2.45) is 10.2 Å². The average molecular weight is 408 g/mol. The van der Waals surface area contributed by atoms with Crippen LogP contribution in [-0.2, 0) is 20.2 Å². The molecule has 3 rings (SSSR count). The molecule has 0 heterocycles. The van der Waals surface area contributed by atoms with Gasteiger partial charge in [0.2, 0.25) is 0 Å². The minimum absolute atomic E-state index is 0.0981. The van der Waals surface area contributed by atoms with E-state index in [0.29, 0.717) is 10.8 Å². The molecule has 3 aromatic carbocycles. The van der Waals surface area contributed by atoms with Crippen LogP contribution in [0.25, 0.3) is 10.8 Å². The molecule has 0 aliphatic heterocycles. The van der Waals surface area contributed by atoms with Crippen molar-refractivity contribution < 1.29 is 31.0 Å². The first-order valence-electron chi connectivity index (χ1n) is 7.27. The predicted molar refractivity (Wildman–Crippen MR) is 95.9 cm³/mol. The molecule has 0 saturated heterocycles. The van der Waals surface area contributed by atoms with Crippen molar-refractivity contribution in [3.8, 4) is 5.75 Å². The molecular formula is C16H12N2O7S2. The molecule has 0 saturated carbocycles. The number of phenols is 1. The van der Waals surface area contributed by atoms with E-state index in [9.17, 15) is 21.9 Å². The van der Waals surface area contributed by atoms with E-state index in [1.165, 1.54) is 42.5 Å². The summed E-state index contributed by atoms with van der Waals surface area (Å²) < 4.78 is 62.3. The van der Waals surface area contributed by atoms with Crippen LogP contribution in [0, 0.1) is 0 Å². The van der Waals surface area contributed by atoms with Crippen LogP contribution in [0.3, 0.4) is 0 Å². The summed E-state index contributed by atoms with van der Waals surface area (Å²) in [6.07, 6.45) is 0. The highest BCUT2D eigenvalue weighted by molar-refractivity contribution is 7.86. The van der Waals surface area contributed by atoms with E-state index in [1.807, 2.05) is 0 Å². The Labute approximate surface area is 154 Å². The van der Waals surface area contributed by atoms with Gasteiger partial charge in [-0.25, -0.2) is 0 Å². The lowest BCUT2D eigenvalue weighted by atomic mass is 10.1. The normalized spacial score (nSPS) is 12.7. The second-order valence-electron chi connectivity index (χ2n) is 5.49. The lowest BCUT2D eigenvalue weighted by molar-refractivity contribution is 0.476. The first-order chi connectivity index (χ1) is 12.5. The molecule has 0 amide bonds. The van der Waals surface area contributed by atoms with E-state index in [2.05, 4.69) is 10.2 Å². The lowest BCUT2D eigenvalue weighted by Crippen LogP contribution is -1.97. The average Bonchev–Trinajstić information content (AvgIpc) is 2.58. The lowest BCUT2D eigenvalue weighted by Gasteiger charge is -2.04. The van der Waals surface area contributed by atoms with Crippen LogP contribution >= 0.6 is 0 Å². The van der Waals surface area contributed by atoms with E-state index in [4.69, 9.17) is 9.11 Å². The van der Waals surface area contributed by atoms with Gasteiger partial charge >= 0.3 is 0 Å². The van der Waals surface area contributed by atoms with Gasteiger partial charge < -0.3 is 5.11 Å². The molecule has 3 aromatic rings. The molecule has 0 unspecified atom stereocenters. The largest absolute Gasteiger partial charge is 0.506 e. The van der Waals surface area contributed by atoms with Crippen molar-refractivity contribution in [3.63, 3.8) is 0 Å². The Morgan fingerprint density at radius 1 is 0.667 bits per heavy atom. The van der Waals surface area contributed by atoms with Gasteiger partial charge in [0.15, 0.2) is 0 Å². The van der Waals surface area contributed by atoms with Crippen LogP contribution < -0.4 is 0 Å². The summed E-state index contributed by atoms with van der Waals surface area (Å²) in [5, 5.41) is 18.7. The Balaban J connectivity index is 1.95. The number of nitrogens with zero attached hydrogens (tertiary/aromatic N) is 2. The molecule has 140 valence electrons. The van der Waals surface area contributed by atoms with E-state index in [1.54, 1.807) is 0 Å². The minimum Gasteiger partial charge on any atom is -0.506 e. The van der Waals surface area contributed by atoms with Gasteiger partial charge in [-0.3, -0.25) is 9.11 Å². The number of benzene rings is 3. The van der Waals surface area contributed by atoms with Gasteiger partial charge in [-0.15, -0.1) is 5.11 Å². The van der Waals surface area contributed by atoms with Gasteiger partial charge in [0.25, 0.3) is 20.2 Å². The number of aromatic hydroxyl groups is 1. The van der Waals surface area contributed by atoms with E-state index >= 15 is 0 Å². The third kappa shape index (κ3) is 4.28. The number of hydrogen-bond acceptors (Lipinski definition) is 7. The van der Waals surface area contributed by atoms with Gasteiger partial charge in [0.1, 0.15) is 11.4 Å². The van der Waals surface area contributed by atoms with Gasteiger partial charge in [0.05, 0.1) is 15.5 Å². The predicted octanol–water partition coefficient (Wildman–Crippen LogP) is 3.45. The Kier molecular flexibility index (Phi) is 4.70. The van der Waals surface area contributed by atoms with Crippen LogP contribution in [0.2, 0.25) is 0 Å². The van der Waals surface area contributed by atoms with E-state index in [0.717, 1.165) is 12.1 Å². The quantitative estimate of drug-likeness (QED) is 0.441. The van der Waals surface area contributed by atoms with Crippen molar-refractivity contribution in [1.82, 2.24) is 0 Å². The Morgan fingerprint density at radius 2 is 1.26 bits per heavy atom. The van der Waals surface area contributed by atoms with Crippen molar-refractivity contribution in [1.29, 1.82) is 0 Å². The molecule has 11 heteroatoms. The summed E-state index contributed by atoms with van der Waals surface area (Å²) in [5.41, 5.74) is 0.379. The highest BCUT2D eigenvalue weighted by Gasteiger charge is 2.12. The van der Waals surface area contributed by atoms with Gasteiger partial charge in [0, 0.05) is 0 Å². The molecule has 0 fully saturated rings. The van der Waals surface area contributed by atoms with Crippen LogP contribution in [0.5, 0.6) is 5.75 Å². The second kappa shape index (κ2) is 6.70. The first-order valence-corrected chi connectivity index (χ1v) is 10.2. The summed E-state index contributed by atoms with van der Waals surface area (Å²) in [7, 11) is -8.67. The molecule has 0 aliphatic carbocycles. The molecular weight excluding hydrogens is 396 g/mol. The molecule has 27 heavy (non-hydrogen) atoms. The van der Waals surface area contributed by atoms with Crippen LogP contribution in [-0.4, -0.2) is 31.0 Å². The number of fused-ring (bicyclic) bond motifs is 1. The topological polar surface area (TPSA) is 154 Å². The molecule has 0 spiro atoms. The maximum absolute atomic E-state index is 11.2. The van der Waals surface area contributed by atoms with Crippen molar-refractivity contribution in [2.75, 3.05) is 0 Å². The Bertz CT molecular complexity index is 1270. The highest BCUT2D eigenvalue weighted by Crippen LogP contribution is 2.34. The fourth-order valence-electron chi connectivity index (χ4n) is 2.29. The van der Waals surface area contributed by atoms with Crippen molar-refractivity contribution in [3.05, 3.63) is 54.6 Å². The molecule has 3 N–H and O–H groups in total. The smallest absolute Gasteiger partial charge is 0.294 e. The number of hydrogen-bond donors (Lipinski definition) is 3. The zero-order valence-corrected chi connectivity index (χ0v) is 15.0. The Hall–Kier alpha value is -2.86. The SMILES string of the molecule is O=S(=O)(O)c1ccc(N=Nc2cc3ccc(S(=O)(=O)O)cc3cc2O)cc1. The molecule has 0 aromatic heterocycles. The minimum atomic E-state index is -4.36. The van der Waals surface area contributed by atoms with E-state index in [-0.39, 0.29) is 26.9 Å². The van der Waals surface area contributed by atoms with Crippen LogP contribution in [0.1, 0.15) is 0 Å². The highest BCUT2D eigenvalue weighted by atomic mass is 32.2. The molecule has 9 nitrogen and oxygen atoms in total. The maximum atomic E-state index is 11.2.